The van der Waals surface area contributed by atoms with Gasteiger partial charge in [-0.15, -0.1) is 11.3 Å². The monoisotopic (exact) mass is 227 g/mol. The number of thiazole rings is 1. The number of nitrogens with zero attached hydrogens (tertiary/aromatic N) is 2. The molecular weight excluding hydrogens is 206 g/mol. The Bertz CT molecular complexity index is 283. The molecule has 0 aromatic carbocycles. The van der Waals surface area contributed by atoms with Crippen LogP contribution in [0.4, 0.5) is 0 Å². The van der Waals surface area contributed by atoms with Crippen molar-refractivity contribution in [1.29, 1.82) is 0 Å². The fourth-order valence-electron chi connectivity index (χ4n) is 1.18. The van der Waals surface area contributed by atoms with Crippen LogP contribution in [0, 0.1) is 0 Å². The first-order valence-corrected chi connectivity index (χ1v) is 6.31. The molecule has 0 bridgehead atoms. The van der Waals surface area contributed by atoms with Crippen LogP contribution in [-0.4, -0.2) is 36.6 Å². The molecule has 1 atom stereocenters. The number of likely N-dealkylation sites (N-methyl/N-ethyl adjacent to an activating group) is 1. The molecule has 0 saturated heterocycles. The van der Waals surface area contributed by atoms with Crippen LogP contribution in [0.5, 0.6) is 0 Å². The van der Waals surface area contributed by atoms with E-state index >= 15 is 0 Å². The Hall–Kier alpha value is -0.450. The average molecular weight is 227 g/mol. The molecule has 1 N–H and O–H groups in total. The summed E-state index contributed by atoms with van der Waals surface area (Å²) in [6, 6.07) is 0.564. The highest BCUT2D eigenvalue weighted by Crippen LogP contribution is 2.09. The Morgan fingerprint density at radius 3 is 2.80 bits per heavy atom. The zero-order valence-corrected chi connectivity index (χ0v) is 10.9. The van der Waals surface area contributed by atoms with Gasteiger partial charge in [-0.2, -0.15) is 0 Å². The molecule has 0 aliphatic carbocycles. The van der Waals surface area contributed by atoms with Gasteiger partial charge in [0.15, 0.2) is 0 Å². The third kappa shape index (κ3) is 4.28. The predicted molar refractivity (Wildman–Crippen MR) is 66.3 cm³/mol. The van der Waals surface area contributed by atoms with E-state index in [4.69, 9.17) is 0 Å². The zero-order valence-electron chi connectivity index (χ0n) is 10.1. The van der Waals surface area contributed by atoms with Crippen LogP contribution in [-0.2, 0) is 13.0 Å². The van der Waals surface area contributed by atoms with Gasteiger partial charge in [0.2, 0.25) is 0 Å². The van der Waals surface area contributed by atoms with Crippen LogP contribution in [0.15, 0.2) is 5.38 Å². The van der Waals surface area contributed by atoms with Crippen molar-refractivity contribution in [3.05, 3.63) is 16.1 Å². The summed E-state index contributed by atoms with van der Waals surface area (Å²) in [5.74, 6) is 0. The molecule has 0 aliphatic rings. The fourth-order valence-corrected chi connectivity index (χ4v) is 1.93. The predicted octanol–water partition coefficient (Wildman–Crippen LogP) is 1.75. The van der Waals surface area contributed by atoms with Gasteiger partial charge in [0, 0.05) is 24.5 Å². The van der Waals surface area contributed by atoms with Gasteiger partial charge in [-0.3, -0.25) is 0 Å². The summed E-state index contributed by atoms with van der Waals surface area (Å²) in [6.07, 6.45) is 1.04. The van der Waals surface area contributed by atoms with Gasteiger partial charge >= 0.3 is 0 Å². The fraction of sp³-hybridized carbons (Fsp3) is 0.727. The Balaban J connectivity index is 2.25. The molecule has 1 unspecified atom stereocenters. The average Bonchev–Trinajstić information content (AvgIpc) is 2.65. The summed E-state index contributed by atoms with van der Waals surface area (Å²) < 4.78 is 0. The molecule has 0 fully saturated rings. The number of aryl methyl sites for hydroxylation is 1. The van der Waals surface area contributed by atoms with E-state index in [-0.39, 0.29) is 0 Å². The van der Waals surface area contributed by atoms with Crippen molar-refractivity contribution in [3.8, 4) is 0 Å². The number of aromatic nitrogens is 1. The normalized spacial score (nSPS) is 13.4. The lowest BCUT2D eigenvalue weighted by molar-refractivity contribution is 0.302. The quantitative estimate of drug-likeness (QED) is 0.802. The highest BCUT2D eigenvalue weighted by atomic mass is 32.1. The molecule has 15 heavy (non-hydrogen) atoms. The van der Waals surface area contributed by atoms with Gasteiger partial charge in [0.05, 0.1) is 10.7 Å². The first kappa shape index (κ1) is 12.6. The molecule has 0 amide bonds. The van der Waals surface area contributed by atoms with Crippen LogP contribution in [0.3, 0.4) is 0 Å². The van der Waals surface area contributed by atoms with Crippen molar-refractivity contribution in [3.63, 3.8) is 0 Å². The minimum Gasteiger partial charge on any atom is -0.310 e. The minimum atomic E-state index is 0.564. The molecule has 0 aliphatic heterocycles. The molecule has 86 valence electrons. The molecule has 3 nitrogen and oxygen atoms in total. The second kappa shape index (κ2) is 6.20. The second-order valence-electron chi connectivity index (χ2n) is 4.03. The Labute approximate surface area is 96.5 Å². The lowest BCUT2D eigenvalue weighted by atomic mass is 10.3. The standard InChI is InChI=1S/C11H21N3S/c1-5-11-13-10(8-15-11)7-12-6-9(2)14(3)4/h8-9,12H,5-7H2,1-4H3. The van der Waals surface area contributed by atoms with Gasteiger partial charge < -0.3 is 10.2 Å². The number of nitrogens with one attached hydrogen (secondary N) is 1. The van der Waals surface area contributed by atoms with E-state index in [1.165, 1.54) is 10.7 Å². The molecule has 0 spiro atoms. The topological polar surface area (TPSA) is 28.2 Å². The lowest BCUT2D eigenvalue weighted by Gasteiger charge is -2.19. The summed E-state index contributed by atoms with van der Waals surface area (Å²) in [7, 11) is 4.20. The van der Waals surface area contributed by atoms with Gasteiger partial charge in [-0.1, -0.05) is 6.92 Å². The smallest absolute Gasteiger partial charge is 0.0926 e. The first-order valence-electron chi connectivity index (χ1n) is 5.44. The van der Waals surface area contributed by atoms with Crippen molar-refractivity contribution in [2.24, 2.45) is 0 Å². The SMILES string of the molecule is CCc1nc(CNCC(C)N(C)C)cs1. The van der Waals surface area contributed by atoms with Crippen molar-refractivity contribution >= 4 is 11.3 Å². The van der Waals surface area contributed by atoms with Crippen molar-refractivity contribution in [1.82, 2.24) is 15.2 Å². The van der Waals surface area contributed by atoms with Crippen molar-refractivity contribution in [2.75, 3.05) is 20.6 Å². The Morgan fingerprint density at radius 2 is 2.27 bits per heavy atom. The van der Waals surface area contributed by atoms with Gasteiger partial charge in [0.25, 0.3) is 0 Å². The molecule has 1 rings (SSSR count). The Morgan fingerprint density at radius 1 is 1.53 bits per heavy atom. The van der Waals surface area contributed by atoms with Crippen molar-refractivity contribution in [2.45, 2.75) is 32.9 Å². The third-order valence-electron chi connectivity index (χ3n) is 2.53. The van der Waals surface area contributed by atoms with Gasteiger partial charge in [-0.25, -0.2) is 4.98 Å². The zero-order chi connectivity index (χ0) is 11.3. The van der Waals surface area contributed by atoms with Crippen LogP contribution in [0.1, 0.15) is 24.5 Å². The second-order valence-corrected chi connectivity index (χ2v) is 4.97. The summed E-state index contributed by atoms with van der Waals surface area (Å²) in [5, 5.41) is 6.80. The summed E-state index contributed by atoms with van der Waals surface area (Å²) in [6.45, 7) is 6.25. The molecule has 1 heterocycles. The highest BCUT2D eigenvalue weighted by molar-refractivity contribution is 7.09. The first-order chi connectivity index (χ1) is 7.13. The van der Waals surface area contributed by atoms with E-state index in [0.29, 0.717) is 6.04 Å². The lowest BCUT2D eigenvalue weighted by Crippen LogP contribution is -2.35. The minimum absolute atomic E-state index is 0.564. The van der Waals surface area contributed by atoms with E-state index in [9.17, 15) is 0 Å². The maximum Gasteiger partial charge on any atom is 0.0926 e. The molecule has 1 aromatic heterocycles. The van der Waals surface area contributed by atoms with Crippen LogP contribution in [0.2, 0.25) is 0 Å². The molecule has 1 aromatic rings. The number of hydrogen-bond donors (Lipinski definition) is 1. The maximum atomic E-state index is 4.51. The third-order valence-corrected chi connectivity index (χ3v) is 3.57. The van der Waals surface area contributed by atoms with Crippen LogP contribution >= 0.6 is 11.3 Å². The summed E-state index contributed by atoms with van der Waals surface area (Å²) >= 11 is 1.75. The summed E-state index contributed by atoms with van der Waals surface area (Å²) in [4.78, 5) is 6.73. The highest BCUT2D eigenvalue weighted by Gasteiger charge is 2.04. The number of rotatable bonds is 6. The molecular formula is C11H21N3S. The molecule has 4 heteroatoms. The molecule has 0 saturated carbocycles. The van der Waals surface area contributed by atoms with E-state index in [2.05, 4.69) is 48.5 Å². The van der Waals surface area contributed by atoms with Gasteiger partial charge in [0.1, 0.15) is 0 Å². The van der Waals surface area contributed by atoms with E-state index in [1.54, 1.807) is 11.3 Å². The summed E-state index contributed by atoms with van der Waals surface area (Å²) in [5.41, 5.74) is 1.17. The molecule has 0 radical (unpaired) electrons. The van der Waals surface area contributed by atoms with Crippen molar-refractivity contribution < 1.29 is 0 Å². The van der Waals surface area contributed by atoms with Crippen LogP contribution < -0.4 is 5.32 Å². The van der Waals surface area contributed by atoms with E-state index < -0.39 is 0 Å². The number of hydrogen-bond acceptors (Lipinski definition) is 4. The van der Waals surface area contributed by atoms with E-state index in [0.717, 1.165) is 19.5 Å². The van der Waals surface area contributed by atoms with Gasteiger partial charge in [-0.05, 0) is 27.4 Å². The largest absolute Gasteiger partial charge is 0.310 e. The van der Waals surface area contributed by atoms with E-state index in [1.807, 2.05) is 0 Å². The van der Waals surface area contributed by atoms with Crippen LogP contribution in [0.25, 0.3) is 0 Å². The maximum absolute atomic E-state index is 4.51. The Kier molecular flexibility index (Phi) is 5.22.